The quantitative estimate of drug-likeness (QED) is 0.822. The topological polar surface area (TPSA) is 60.2 Å². The van der Waals surface area contributed by atoms with E-state index < -0.39 is 10.7 Å². The highest BCUT2D eigenvalue weighted by Gasteiger charge is 2.15. The number of benzene rings is 1. The molecule has 0 saturated carbocycles. The average molecular weight is 246 g/mol. The van der Waals surface area contributed by atoms with Crippen LogP contribution in [0.1, 0.15) is 15.9 Å². The number of alkyl halides is 2. The molecule has 1 aromatic rings. The van der Waals surface area contributed by atoms with Crippen molar-refractivity contribution in [3.8, 4) is 0 Å². The van der Waals surface area contributed by atoms with Gasteiger partial charge in [-0.15, -0.1) is 0 Å². The lowest BCUT2D eigenvalue weighted by Crippen LogP contribution is -2.17. The molecule has 0 fully saturated rings. The molecule has 15 heavy (non-hydrogen) atoms. The molecule has 0 aliphatic rings. The Bertz CT molecular complexity index is 391. The van der Waals surface area contributed by atoms with Gasteiger partial charge in [0.25, 0.3) is 0 Å². The highest BCUT2D eigenvalue weighted by molar-refractivity contribution is 6.53. The van der Waals surface area contributed by atoms with E-state index in [1.165, 1.54) is 0 Å². The molecular weight excluding hydrogens is 237 g/mol. The summed E-state index contributed by atoms with van der Waals surface area (Å²) < 4.78 is 0. The van der Waals surface area contributed by atoms with E-state index in [9.17, 15) is 9.59 Å². The SMILES string of the molecule is NC(=O)c1ccccc1CC(=O)C(Cl)Cl. The third-order valence-electron chi connectivity index (χ3n) is 1.89. The number of rotatable bonds is 4. The molecule has 0 bridgehead atoms. The van der Waals surface area contributed by atoms with Crippen LogP contribution in [0.4, 0.5) is 0 Å². The van der Waals surface area contributed by atoms with Gasteiger partial charge in [-0.3, -0.25) is 9.59 Å². The standard InChI is InChI=1S/C10H9Cl2NO2/c11-9(12)8(14)5-6-3-1-2-4-7(6)10(13)15/h1-4,9H,5H2,(H2,13,15). The molecule has 1 aromatic carbocycles. The second kappa shape index (κ2) is 5.14. The van der Waals surface area contributed by atoms with E-state index in [-0.39, 0.29) is 12.2 Å². The van der Waals surface area contributed by atoms with Crippen molar-refractivity contribution in [2.45, 2.75) is 11.3 Å². The smallest absolute Gasteiger partial charge is 0.248 e. The van der Waals surface area contributed by atoms with Crippen molar-refractivity contribution in [1.82, 2.24) is 0 Å². The third kappa shape index (κ3) is 3.22. The Morgan fingerprint density at radius 2 is 1.87 bits per heavy atom. The second-order valence-corrected chi connectivity index (χ2v) is 4.06. The molecule has 1 amide bonds. The minimum absolute atomic E-state index is 0.0107. The molecule has 2 N–H and O–H groups in total. The Morgan fingerprint density at radius 1 is 1.27 bits per heavy atom. The van der Waals surface area contributed by atoms with Crippen LogP contribution in [0.3, 0.4) is 0 Å². The Kier molecular flexibility index (Phi) is 4.12. The molecule has 0 radical (unpaired) electrons. The van der Waals surface area contributed by atoms with Crippen LogP contribution in [0.25, 0.3) is 0 Å². The maximum absolute atomic E-state index is 11.3. The van der Waals surface area contributed by atoms with Gasteiger partial charge in [0, 0.05) is 12.0 Å². The average Bonchev–Trinajstić information content (AvgIpc) is 2.18. The molecule has 0 aliphatic heterocycles. The lowest BCUT2D eigenvalue weighted by atomic mass is 10.0. The normalized spacial score (nSPS) is 10.3. The number of hydrogen-bond donors (Lipinski definition) is 1. The molecule has 0 aliphatic carbocycles. The summed E-state index contributed by atoms with van der Waals surface area (Å²) in [5.74, 6) is -0.925. The van der Waals surface area contributed by atoms with Crippen LogP contribution in [0.5, 0.6) is 0 Å². The highest BCUT2D eigenvalue weighted by Crippen LogP contribution is 2.13. The van der Waals surface area contributed by atoms with Gasteiger partial charge in [-0.25, -0.2) is 0 Å². The molecule has 0 unspecified atom stereocenters. The lowest BCUT2D eigenvalue weighted by molar-refractivity contribution is -0.116. The van der Waals surface area contributed by atoms with Gasteiger partial charge in [0.05, 0.1) is 0 Å². The van der Waals surface area contributed by atoms with Gasteiger partial charge in [-0.05, 0) is 11.6 Å². The van der Waals surface area contributed by atoms with Crippen molar-refractivity contribution < 1.29 is 9.59 Å². The van der Waals surface area contributed by atoms with Crippen LogP contribution in [0, 0.1) is 0 Å². The van der Waals surface area contributed by atoms with E-state index in [0.29, 0.717) is 11.1 Å². The van der Waals surface area contributed by atoms with E-state index in [0.717, 1.165) is 0 Å². The predicted octanol–water partition coefficient (Wildman–Crippen LogP) is 1.70. The van der Waals surface area contributed by atoms with Crippen LogP contribution in [0.15, 0.2) is 24.3 Å². The van der Waals surface area contributed by atoms with E-state index in [1.54, 1.807) is 24.3 Å². The van der Waals surface area contributed by atoms with E-state index in [4.69, 9.17) is 28.9 Å². The number of hydrogen-bond acceptors (Lipinski definition) is 2. The number of halogens is 2. The fourth-order valence-corrected chi connectivity index (χ4v) is 1.33. The van der Waals surface area contributed by atoms with Gasteiger partial charge in [-0.2, -0.15) is 0 Å². The van der Waals surface area contributed by atoms with E-state index in [2.05, 4.69) is 0 Å². The molecule has 0 spiro atoms. The number of carbonyl (C=O) groups excluding carboxylic acids is 2. The van der Waals surface area contributed by atoms with Gasteiger partial charge in [0.15, 0.2) is 10.6 Å². The molecule has 0 aromatic heterocycles. The van der Waals surface area contributed by atoms with Crippen molar-refractivity contribution in [2.24, 2.45) is 5.73 Å². The molecule has 3 nitrogen and oxygen atoms in total. The molecule has 1 rings (SSSR count). The van der Waals surface area contributed by atoms with Crippen LogP contribution >= 0.6 is 23.2 Å². The van der Waals surface area contributed by atoms with Gasteiger partial charge >= 0.3 is 0 Å². The zero-order chi connectivity index (χ0) is 11.4. The zero-order valence-corrected chi connectivity index (χ0v) is 9.26. The third-order valence-corrected chi connectivity index (χ3v) is 2.38. The number of ketones is 1. The minimum atomic E-state index is -1.08. The van der Waals surface area contributed by atoms with Crippen LogP contribution in [-0.4, -0.2) is 16.5 Å². The number of nitrogens with two attached hydrogens (primary N) is 1. The fraction of sp³-hybridized carbons (Fsp3) is 0.200. The Labute approximate surface area is 97.2 Å². The molecule has 80 valence electrons. The first kappa shape index (κ1) is 12.0. The van der Waals surface area contributed by atoms with Crippen molar-refractivity contribution in [3.05, 3.63) is 35.4 Å². The predicted molar refractivity (Wildman–Crippen MR) is 59.2 cm³/mol. The first-order valence-corrected chi connectivity index (χ1v) is 5.08. The maximum Gasteiger partial charge on any atom is 0.248 e. The molecule has 0 atom stereocenters. The van der Waals surface area contributed by atoms with Crippen LogP contribution in [0.2, 0.25) is 0 Å². The van der Waals surface area contributed by atoms with Gasteiger partial charge in [0.1, 0.15) is 0 Å². The number of primary amides is 1. The number of carbonyl (C=O) groups is 2. The minimum Gasteiger partial charge on any atom is -0.366 e. The number of Topliss-reactive ketones (excluding diaryl/α,β-unsaturated/α-hetero) is 1. The molecule has 0 heterocycles. The summed E-state index contributed by atoms with van der Waals surface area (Å²) in [6.45, 7) is 0. The Balaban J connectivity index is 2.94. The molecule has 0 saturated heterocycles. The molecular formula is C10H9Cl2NO2. The highest BCUT2D eigenvalue weighted by atomic mass is 35.5. The summed E-state index contributed by atoms with van der Waals surface area (Å²) >= 11 is 10.8. The van der Waals surface area contributed by atoms with Gasteiger partial charge < -0.3 is 5.73 Å². The Hall–Kier alpha value is -1.06. The monoisotopic (exact) mass is 245 g/mol. The zero-order valence-electron chi connectivity index (χ0n) is 7.74. The summed E-state index contributed by atoms with van der Waals surface area (Å²) in [6, 6.07) is 6.59. The number of amides is 1. The summed E-state index contributed by atoms with van der Waals surface area (Å²) in [6.07, 6.45) is 0.0107. The van der Waals surface area contributed by atoms with Crippen molar-refractivity contribution in [3.63, 3.8) is 0 Å². The van der Waals surface area contributed by atoms with Gasteiger partial charge in [-0.1, -0.05) is 41.4 Å². The summed E-state index contributed by atoms with van der Waals surface area (Å²) in [5.41, 5.74) is 6.01. The van der Waals surface area contributed by atoms with Crippen molar-refractivity contribution >= 4 is 34.9 Å². The lowest BCUT2D eigenvalue weighted by Gasteiger charge is -2.05. The summed E-state index contributed by atoms with van der Waals surface area (Å²) in [5, 5.41) is 0. The summed E-state index contributed by atoms with van der Waals surface area (Å²) in [4.78, 5) is 21.2. The van der Waals surface area contributed by atoms with Crippen LogP contribution in [-0.2, 0) is 11.2 Å². The van der Waals surface area contributed by atoms with Crippen molar-refractivity contribution in [2.75, 3.05) is 0 Å². The van der Waals surface area contributed by atoms with E-state index >= 15 is 0 Å². The largest absolute Gasteiger partial charge is 0.366 e. The van der Waals surface area contributed by atoms with E-state index in [1.807, 2.05) is 0 Å². The van der Waals surface area contributed by atoms with Gasteiger partial charge in [0.2, 0.25) is 5.91 Å². The first-order chi connectivity index (χ1) is 7.02. The Morgan fingerprint density at radius 3 is 2.40 bits per heavy atom. The second-order valence-electron chi connectivity index (χ2n) is 2.97. The van der Waals surface area contributed by atoms with Crippen molar-refractivity contribution in [1.29, 1.82) is 0 Å². The first-order valence-electron chi connectivity index (χ1n) is 4.21. The maximum atomic E-state index is 11.3. The molecule has 5 heteroatoms. The fourth-order valence-electron chi connectivity index (χ4n) is 1.18. The summed E-state index contributed by atoms with van der Waals surface area (Å²) in [7, 11) is 0. The van der Waals surface area contributed by atoms with Crippen LogP contribution < -0.4 is 5.73 Å².